The van der Waals surface area contributed by atoms with Gasteiger partial charge in [0.2, 0.25) is 0 Å². The number of ether oxygens (including phenoxy) is 1. The molecule has 0 bridgehead atoms. The maximum atomic E-state index is 11.4. The highest BCUT2D eigenvalue weighted by Gasteiger charge is 2.53. The van der Waals surface area contributed by atoms with Crippen molar-refractivity contribution in [1.82, 2.24) is 0 Å². The largest absolute Gasteiger partial charge is 0.389 e. The summed E-state index contributed by atoms with van der Waals surface area (Å²) in [6, 6.07) is 0. The minimum Gasteiger partial charge on any atom is -0.389 e. The van der Waals surface area contributed by atoms with E-state index in [0.29, 0.717) is 13.2 Å². The van der Waals surface area contributed by atoms with Crippen LogP contribution in [-0.2, 0) is 4.74 Å². The standard InChI is InChI=1S/C16H31NO2/c1-3-14(2)12-16(18,10-11-19-14)15(13-17)8-6-4-5-7-9-15/h18H,3-13,17H2,1-2H3. The van der Waals surface area contributed by atoms with Gasteiger partial charge < -0.3 is 15.6 Å². The topological polar surface area (TPSA) is 55.5 Å². The quantitative estimate of drug-likeness (QED) is 0.774. The lowest BCUT2D eigenvalue weighted by Gasteiger charge is -2.53. The second kappa shape index (κ2) is 5.71. The molecule has 0 aromatic heterocycles. The van der Waals surface area contributed by atoms with Crippen LogP contribution in [0, 0.1) is 5.41 Å². The molecule has 0 radical (unpaired) electrons. The molecule has 2 fully saturated rings. The summed E-state index contributed by atoms with van der Waals surface area (Å²) < 4.78 is 5.92. The highest BCUT2D eigenvalue weighted by Crippen LogP contribution is 2.51. The Labute approximate surface area is 117 Å². The van der Waals surface area contributed by atoms with Crippen molar-refractivity contribution in [1.29, 1.82) is 0 Å². The molecule has 2 unspecified atom stereocenters. The van der Waals surface area contributed by atoms with Crippen LogP contribution in [0.15, 0.2) is 0 Å². The van der Waals surface area contributed by atoms with Gasteiger partial charge in [-0.3, -0.25) is 0 Å². The molecule has 0 aromatic carbocycles. The van der Waals surface area contributed by atoms with Crippen LogP contribution in [0.1, 0.15) is 71.6 Å². The molecule has 0 aromatic rings. The fourth-order valence-corrected chi connectivity index (χ4v) is 4.17. The lowest BCUT2D eigenvalue weighted by atomic mass is 9.61. The maximum Gasteiger partial charge on any atom is 0.0765 e. The molecule has 0 amide bonds. The minimum absolute atomic E-state index is 0.0797. The van der Waals surface area contributed by atoms with E-state index < -0.39 is 5.60 Å². The molecular weight excluding hydrogens is 238 g/mol. The first-order chi connectivity index (χ1) is 8.99. The van der Waals surface area contributed by atoms with Gasteiger partial charge in [0.25, 0.3) is 0 Å². The molecule has 3 heteroatoms. The molecule has 1 saturated heterocycles. The molecule has 1 aliphatic heterocycles. The van der Waals surface area contributed by atoms with Crippen LogP contribution in [0.2, 0.25) is 0 Å². The summed E-state index contributed by atoms with van der Waals surface area (Å²) in [6.07, 6.45) is 9.62. The molecule has 3 N–H and O–H groups in total. The average Bonchev–Trinajstić information content (AvgIpc) is 2.65. The van der Waals surface area contributed by atoms with Crippen molar-refractivity contribution in [3.8, 4) is 0 Å². The fourth-order valence-electron chi connectivity index (χ4n) is 4.17. The zero-order valence-corrected chi connectivity index (χ0v) is 12.7. The Kier molecular flexibility index (Phi) is 4.59. The molecule has 1 heterocycles. The maximum absolute atomic E-state index is 11.4. The van der Waals surface area contributed by atoms with Gasteiger partial charge in [0.15, 0.2) is 0 Å². The predicted octanol–water partition coefficient (Wildman–Crippen LogP) is 3.00. The van der Waals surface area contributed by atoms with E-state index in [1.54, 1.807) is 0 Å². The molecule has 1 saturated carbocycles. The third-order valence-corrected chi connectivity index (χ3v) is 5.82. The zero-order valence-electron chi connectivity index (χ0n) is 12.7. The molecule has 3 nitrogen and oxygen atoms in total. The number of hydrogen-bond donors (Lipinski definition) is 2. The Hall–Kier alpha value is -0.120. The molecular formula is C16H31NO2. The van der Waals surface area contributed by atoms with E-state index in [-0.39, 0.29) is 11.0 Å². The molecule has 19 heavy (non-hydrogen) atoms. The Morgan fingerprint density at radius 1 is 1.11 bits per heavy atom. The number of rotatable bonds is 3. The first kappa shape index (κ1) is 15.3. The van der Waals surface area contributed by atoms with Gasteiger partial charge in [-0.05, 0) is 26.2 Å². The van der Waals surface area contributed by atoms with E-state index in [1.807, 2.05) is 0 Å². The van der Waals surface area contributed by atoms with Crippen LogP contribution in [0.3, 0.4) is 0 Å². The molecule has 2 atom stereocenters. The van der Waals surface area contributed by atoms with Gasteiger partial charge in [-0.25, -0.2) is 0 Å². The van der Waals surface area contributed by atoms with Crippen molar-refractivity contribution in [3.63, 3.8) is 0 Å². The van der Waals surface area contributed by atoms with Gasteiger partial charge in [0, 0.05) is 24.8 Å². The number of aliphatic hydroxyl groups is 1. The highest BCUT2D eigenvalue weighted by atomic mass is 16.5. The van der Waals surface area contributed by atoms with E-state index in [1.165, 1.54) is 25.7 Å². The summed E-state index contributed by atoms with van der Waals surface area (Å²) in [5.74, 6) is 0. The molecule has 2 rings (SSSR count). The summed E-state index contributed by atoms with van der Waals surface area (Å²) in [5.41, 5.74) is 5.26. The predicted molar refractivity (Wildman–Crippen MR) is 78.0 cm³/mol. The molecule has 2 aliphatic rings. The number of hydrogen-bond acceptors (Lipinski definition) is 3. The lowest BCUT2D eigenvalue weighted by molar-refractivity contribution is -0.203. The second-order valence-electron chi connectivity index (χ2n) is 7.01. The Morgan fingerprint density at radius 3 is 2.26 bits per heavy atom. The van der Waals surface area contributed by atoms with E-state index in [2.05, 4.69) is 13.8 Å². The lowest BCUT2D eigenvalue weighted by Crippen LogP contribution is -2.59. The van der Waals surface area contributed by atoms with Gasteiger partial charge in [0.1, 0.15) is 0 Å². The normalized spacial score (nSPS) is 39.8. The highest BCUT2D eigenvalue weighted by molar-refractivity contribution is 5.05. The van der Waals surface area contributed by atoms with Crippen LogP contribution in [0.25, 0.3) is 0 Å². The van der Waals surface area contributed by atoms with Gasteiger partial charge in [-0.15, -0.1) is 0 Å². The zero-order chi connectivity index (χ0) is 14.0. The van der Waals surface area contributed by atoms with Gasteiger partial charge in [0.05, 0.1) is 17.8 Å². The van der Waals surface area contributed by atoms with Crippen molar-refractivity contribution in [3.05, 3.63) is 0 Å². The third-order valence-electron chi connectivity index (χ3n) is 5.82. The van der Waals surface area contributed by atoms with Crippen molar-refractivity contribution in [2.75, 3.05) is 13.2 Å². The average molecular weight is 269 g/mol. The van der Waals surface area contributed by atoms with Crippen molar-refractivity contribution >= 4 is 0 Å². The van der Waals surface area contributed by atoms with Gasteiger partial charge >= 0.3 is 0 Å². The first-order valence-corrected chi connectivity index (χ1v) is 8.06. The monoisotopic (exact) mass is 269 g/mol. The summed E-state index contributed by atoms with van der Waals surface area (Å²) in [5, 5.41) is 11.4. The van der Waals surface area contributed by atoms with Gasteiger partial charge in [-0.2, -0.15) is 0 Å². The minimum atomic E-state index is -0.630. The van der Waals surface area contributed by atoms with E-state index in [0.717, 1.165) is 32.1 Å². The molecule has 0 spiro atoms. The first-order valence-electron chi connectivity index (χ1n) is 8.06. The fraction of sp³-hybridized carbons (Fsp3) is 1.00. The summed E-state index contributed by atoms with van der Waals surface area (Å²) in [6.45, 7) is 5.57. The Bertz CT molecular complexity index is 299. The second-order valence-corrected chi connectivity index (χ2v) is 7.01. The van der Waals surface area contributed by atoms with Crippen LogP contribution in [-0.4, -0.2) is 29.5 Å². The smallest absolute Gasteiger partial charge is 0.0765 e. The summed E-state index contributed by atoms with van der Waals surface area (Å²) >= 11 is 0. The van der Waals surface area contributed by atoms with Crippen LogP contribution in [0.5, 0.6) is 0 Å². The molecule has 112 valence electrons. The summed E-state index contributed by atoms with van der Waals surface area (Å²) in [4.78, 5) is 0. The van der Waals surface area contributed by atoms with Crippen molar-refractivity contribution in [2.24, 2.45) is 11.1 Å². The Balaban J connectivity index is 2.24. The van der Waals surface area contributed by atoms with E-state index >= 15 is 0 Å². The van der Waals surface area contributed by atoms with Crippen molar-refractivity contribution < 1.29 is 9.84 Å². The van der Waals surface area contributed by atoms with Crippen LogP contribution < -0.4 is 5.73 Å². The third kappa shape index (κ3) is 2.84. The number of nitrogens with two attached hydrogens (primary N) is 1. The van der Waals surface area contributed by atoms with Gasteiger partial charge in [-0.1, -0.05) is 32.6 Å². The summed E-state index contributed by atoms with van der Waals surface area (Å²) in [7, 11) is 0. The van der Waals surface area contributed by atoms with E-state index in [4.69, 9.17) is 10.5 Å². The van der Waals surface area contributed by atoms with Crippen LogP contribution in [0.4, 0.5) is 0 Å². The van der Waals surface area contributed by atoms with Crippen molar-refractivity contribution in [2.45, 2.75) is 82.8 Å². The Morgan fingerprint density at radius 2 is 1.74 bits per heavy atom. The van der Waals surface area contributed by atoms with Crippen LogP contribution >= 0.6 is 0 Å². The molecule has 1 aliphatic carbocycles. The SMILES string of the molecule is CCC1(C)CC(O)(C2(CN)CCCCCC2)CCO1. The van der Waals surface area contributed by atoms with E-state index in [9.17, 15) is 5.11 Å².